The fourth-order valence-electron chi connectivity index (χ4n) is 1.01. The molecule has 0 aliphatic heterocycles. The second-order valence-corrected chi connectivity index (χ2v) is 3.56. The van der Waals surface area contributed by atoms with E-state index >= 15 is 0 Å². The molecule has 0 radical (unpaired) electrons. The number of aromatic nitrogens is 1. The molecule has 8 heteroatoms. The lowest BCUT2D eigenvalue weighted by molar-refractivity contribution is 0.176. The second-order valence-electron chi connectivity index (χ2n) is 2.75. The van der Waals surface area contributed by atoms with Crippen LogP contribution in [0.15, 0.2) is 22.9 Å². The van der Waals surface area contributed by atoms with Gasteiger partial charge in [-0.05, 0) is 22.0 Å². The van der Waals surface area contributed by atoms with Gasteiger partial charge >= 0.3 is 12.2 Å². The van der Waals surface area contributed by atoms with Crippen LogP contribution in [-0.2, 0) is 0 Å². The van der Waals surface area contributed by atoms with Crippen molar-refractivity contribution in [2.45, 2.75) is 6.17 Å². The van der Waals surface area contributed by atoms with E-state index in [1.165, 1.54) is 6.20 Å². The molecule has 0 atom stereocenters. The highest BCUT2D eigenvalue weighted by molar-refractivity contribution is 9.10. The van der Waals surface area contributed by atoms with Gasteiger partial charge < -0.3 is 10.2 Å². The number of nitrogens with zero attached hydrogens (tertiary/aromatic N) is 1. The zero-order chi connectivity index (χ0) is 12.1. The summed E-state index contributed by atoms with van der Waals surface area (Å²) >= 11 is 3.11. The highest BCUT2D eigenvalue weighted by Gasteiger charge is 2.16. The lowest BCUT2D eigenvalue weighted by Crippen LogP contribution is -2.39. The quantitative estimate of drug-likeness (QED) is 0.496. The van der Waals surface area contributed by atoms with Gasteiger partial charge in [-0.25, -0.2) is 14.6 Å². The van der Waals surface area contributed by atoms with Gasteiger partial charge in [0.2, 0.25) is 0 Å². The van der Waals surface area contributed by atoms with Crippen LogP contribution in [0.5, 0.6) is 0 Å². The normalized spacial score (nSPS) is 9.88. The topological polar surface area (TPSA) is 112 Å². The average Bonchev–Trinajstić information content (AvgIpc) is 2.16. The van der Waals surface area contributed by atoms with Crippen molar-refractivity contribution in [3.63, 3.8) is 0 Å². The molecule has 2 amide bonds. The molecule has 1 aromatic heterocycles. The molecule has 1 heterocycles. The number of nitrogens with one attached hydrogen (secondary N) is 2. The molecular formula is C8H8BrN3O4. The van der Waals surface area contributed by atoms with Gasteiger partial charge in [0, 0.05) is 11.8 Å². The first-order valence-electron chi connectivity index (χ1n) is 4.09. The third kappa shape index (κ3) is 3.73. The van der Waals surface area contributed by atoms with Gasteiger partial charge in [-0.15, -0.1) is 0 Å². The maximum atomic E-state index is 10.5. The zero-order valence-corrected chi connectivity index (χ0v) is 9.43. The van der Waals surface area contributed by atoms with Gasteiger partial charge in [0.1, 0.15) is 10.8 Å². The molecule has 4 N–H and O–H groups in total. The third-order valence-electron chi connectivity index (χ3n) is 1.62. The zero-order valence-electron chi connectivity index (χ0n) is 7.85. The Morgan fingerprint density at radius 1 is 1.25 bits per heavy atom. The monoisotopic (exact) mass is 289 g/mol. The van der Waals surface area contributed by atoms with E-state index in [4.69, 9.17) is 10.2 Å². The van der Waals surface area contributed by atoms with Crippen LogP contribution in [-0.4, -0.2) is 27.4 Å². The number of carbonyl (C=O) groups is 2. The molecule has 0 unspecified atom stereocenters. The lowest BCUT2D eigenvalue weighted by atomic mass is 10.2. The number of halogens is 1. The molecule has 0 fully saturated rings. The Bertz CT molecular complexity index is 379. The molecule has 7 nitrogen and oxygen atoms in total. The Morgan fingerprint density at radius 2 is 1.81 bits per heavy atom. The molecule has 0 aromatic carbocycles. The van der Waals surface area contributed by atoms with Crippen LogP contribution in [0.25, 0.3) is 0 Å². The number of amides is 2. The highest BCUT2D eigenvalue weighted by Crippen LogP contribution is 2.12. The van der Waals surface area contributed by atoms with E-state index in [2.05, 4.69) is 20.9 Å². The van der Waals surface area contributed by atoms with Crippen LogP contribution in [0.1, 0.15) is 11.7 Å². The summed E-state index contributed by atoms with van der Waals surface area (Å²) in [7, 11) is 0. The van der Waals surface area contributed by atoms with Gasteiger partial charge in [0.25, 0.3) is 0 Å². The molecule has 0 aliphatic carbocycles. The Balaban J connectivity index is 2.86. The van der Waals surface area contributed by atoms with Gasteiger partial charge in [-0.1, -0.05) is 6.07 Å². The van der Waals surface area contributed by atoms with E-state index in [1.54, 1.807) is 12.1 Å². The lowest BCUT2D eigenvalue weighted by Gasteiger charge is -2.16. The van der Waals surface area contributed by atoms with Crippen molar-refractivity contribution in [3.05, 3.63) is 28.5 Å². The Hall–Kier alpha value is -1.83. The van der Waals surface area contributed by atoms with E-state index in [1.807, 2.05) is 10.6 Å². The third-order valence-corrected chi connectivity index (χ3v) is 2.09. The molecule has 0 aliphatic rings. The summed E-state index contributed by atoms with van der Waals surface area (Å²) in [6.45, 7) is 0. The van der Waals surface area contributed by atoms with Gasteiger partial charge in [0.05, 0.1) is 0 Å². The fourth-order valence-corrected chi connectivity index (χ4v) is 1.24. The van der Waals surface area contributed by atoms with Crippen molar-refractivity contribution in [1.29, 1.82) is 0 Å². The molecule has 0 saturated heterocycles. The summed E-state index contributed by atoms with van der Waals surface area (Å²) in [6.07, 6.45) is -2.35. The standard InChI is InChI=1S/C8H8BrN3O4/c9-5-2-1-4(3-10-5)6(11-7(13)14)12-8(15)16/h1-3,6,11-12H,(H,13,14)(H,15,16). The number of hydrogen-bond donors (Lipinski definition) is 4. The highest BCUT2D eigenvalue weighted by atomic mass is 79.9. The van der Waals surface area contributed by atoms with Crippen molar-refractivity contribution in [2.75, 3.05) is 0 Å². The maximum absolute atomic E-state index is 10.5. The summed E-state index contributed by atoms with van der Waals surface area (Å²) in [4.78, 5) is 24.8. The van der Waals surface area contributed by atoms with E-state index < -0.39 is 18.4 Å². The summed E-state index contributed by atoms with van der Waals surface area (Å²) in [6, 6.07) is 3.13. The SMILES string of the molecule is O=C(O)NC(NC(=O)O)c1ccc(Br)nc1. The molecular weight excluding hydrogens is 282 g/mol. The number of rotatable bonds is 3. The van der Waals surface area contributed by atoms with Gasteiger partial charge in [-0.3, -0.25) is 10.6 Å². The first-order valence-corrected chi connectivity index (χ1v) is 4.88. The van der Waals surface area contributed by atoms with Crippen molar-refractivity contribution in [1.82, 2.24) is 15.6 Å². The van der Waals surface area contributed by atoms with Crippen LogP contribution < -0.4 is 10.6 Å². The van der Waals surface area contributed by atoms with Crippen LogP contribution in [0.3, 0.4) is 0 Å². The predicted octanol–water partition coefficient (Wildman–Crippen LogP) is 1.38. The number of hydrogen-bond acceptors (Lipinski definition) is 3. The molecule has 0 bridgehead atoms. The Morgan fingerprint density at radius 3 is 2.19 bits per heavy atom. The molecule has 16 heavy (non-hydrogen) atoms. The van der Waals surface area contributed by atoms with Crippen LogP contribution in [0, 0.1) is 0 Å². The van der Waals surface area contributed by atoms with Gasteiger partial charge in [-0.2, -0.15) is 0 Å². The summed E-state index contributed by atoms with van der Waals surface area (Å²) in [5.41, 5.74) is 0.396. The average molecular weight is 290 g/mol. The molecule has 0 spiro atoms. The van der Waals surface area contributed by atoms with E-state index in [0.717, 1.165) is 0 Å². The van der Waals surface area contributed by atoms with Gasteiger partial charge in [0.15, 0.2) is 0 Å². The van der Waals surface area contributed by atoms with E-state index in [9.17, 15) is 9.59 Å². The first-order chi connectivity index (χ1) is 7.49. The van der Waals surface area contributed by atoms with Crippen molar-refractivity contribution >= 4 is 28.1 Å². The minimum Gasteiger partial charge on any atom is -0.465 e. The molecule has 1 aromatic rings. The predicted molar refractivity (Wildman–Crippen MR) is 57.0 cm³/mol. The summed E-state index contributed by atoms with van der Waals surface area (Å²) in [5.74, 6) is 0. The number of carboxylic acid groups (broad SMARTS) is 2. The summed E-state index contributed by atoms with van der Waals surface area (Å²) in [5, 5.41) is 21.1. The fraction of sp³-hybridized carbons (Fsp3) is 0.125. The minimum absolute atomic E-state index is 0.396. The molecule has 1 rings (SSSR count). The van der Waals surface area contributed by atoms with Crippen LogP contribution in [0.4, 0.5) is 9.59 Å². The summed E-state index contributed by atoms with van der Waals surface area (Å²) < 4.78 is 0.570. The largest absolute Gasteiger partial charge is 0.465 e. The van der Waals surface area contributed by atoms with Crippen molar-refractivity contribution in [3.8, 4) is 0 Å². The Labute approximate surface area is 98.6 Å². The van der Waals surface area contributed by atoms with E-state index in [-0.39, 0.29) is 0 Å². The molecule has 86 valence electrons. The first kappa shape index (κ1) is 12.2. The smallest absolute Gasteiger partial charge is 0.406 e. The Kier molecular flexibility index (Phi) is 4.06. The second kappa shape index (κ2) is 5.31. The maximum Gasteiger partial charge on any atom is 0.406 e. The number of pyridine rings is 1. The van der Waals surface area contributed by atoms with Crippen molar-refractivity contribution in [2.24, 2.45) is 0 Å². The van der Waals surface area contributed by atoms with E-state index in [0.29, 0.717) is 10.2 Å². The minimum atomic E-state index is -1.33. The molecule has 0 saturated carbocycles. The van der Waals surface area contributed by atoms with Crippen LogP contribution in [0.2, 0.25) is 0 Å². The van der Waals surface area contributed by atoms with Crippen molar-refractivity contribution < 1.29 is 19.8 Å². The van der Waals surface area contributed by atoms with Crippen LogP contribution >= 0.6 is 15.9 Å².